The van der Waals surface area contributed by atoms with Crippen molar-refractivity contribution in [2.24, 2.45) is 0 Å². The Morgan fingerprint density at radius 3 is 2.28 bits per heavy atom. The second kappa shape index (κ2) is 4.81. The third kappa shape index (κ3) is 2.00. The number of aromatic amines is 1. The molecule has 0 spiro atoms. The summed E-state index contributed by atoms with van der Waals surface area (Å²) in [7, 11) is -4.31. The molecule has 1 aromatic heterocycles. The third-order valence-corrected chi connectivity index (χ3v) is 5.65. The second-order valence-electron chi connectivity index (χ2n) is 6.15. The lowest BCUT2D eigenvalue weighted by molar-refractivity contribution is 0.484. The fourth-order valence-corrected chi connectivity index (χ4v) is 4.43. The van der Waals surface area contributed by atoms with E-state index in [9.17, 15) is 13.0 Å². The highest BCUT2D eigenvalue weighted by atomic mass is 32.2. The largest absolute Gasteiger partial charge is 0.354 e. The van der Waals surface area contributed by atoms with Gasteiger partial charge in [-0.05, 0) is 22.9 Å². The lowest BCUT2D eigenvalue weighted by atomic mass is 9.99. The van der Waals surface area contributed by atoms with Gasteiger partial charge in [0, 0.05) is 27.1 Å². The van der Waals surface area contributed by atoms with Crippen molar-refractivity contribution in [3.63, 3.8) is 0 Å². The Labute approximate surface area is 143 Å². The number of aromatic nitrogens is 1. The van der Waals surface area contributed by atoms with Crippen LogP contribution in [-0.2, 0) is 10.1 Å². The molecule has 0 aliphatic heterocycles. The van der Waals surface area contributed by atoms with Gasteiger partial charge in [-0.1, -0.05) is 54.6 Å². The van der Waals surface area contributed by atoms with Gasteiger partial charge in [-0.25, -0.2) is 0 Å². The van der Waals surface area contributed by atoms with Crippen molar-refractivity contribution in [2.75, 3.05) is 0 Å². The van der Waals surface area contributed by atoms with Gasteiger partial charge in [0.05, 0.1) is 5.52 Å². The Kier molecular flexibility index (Phi) is 2.78. The molecule has 122 valence electrons. The molecule has 25 heavy (non-hydrogen) atoms. The fraction of sp³-hybridized carbons (Fsp3) is 0. The summed E-state index contributed by atoms with van der Waals surface area (Å²) in [4.78, 5) is 3.37. The Morgan fingerprint density at radius 2 is 1.44 bits per heavy atom. The molecule has 4 aromatic carbocycles. The van der Waals surface area contributed by atoms with Gasteiger partial charge in [-0.2, -0.15) is 8.42 Å². The monoisotopic (exact) mass is 347 g/mol. The molecule has 0 amide bonds. The van der Waals surface area contributed by atoms with Gasteiger partial charge in [0.1, 0.15) is 4.90 Å². The highest BCUT2D eigenvalue weighted by molar-refractivity contribution is 7.86. The van der Waals surface area contributed by atoms with Crippen LogP contribution in [0, 0.1) is 0 Å². The van der Waals surface area contributed by atoms with Crippen LogP contribution in [0.4, 0.5) is 0 Å². The van der Waals surface area contributed by atoms with Gasteiger partial charge in [-0.15, -0.1) is 0 Å². The van der Waals surface area contributed by atoms with Crippen LogP contribution < -0.4 is 0 Å². The van der Waals surface area contributed by atoms with Crippen molar-refractivity contribution in [1.29, 1.82) is 0 Å². The molecule has 0 radical (unpaired) electrons. The minimum atomic E-state index is -4.31. The summed E-state index contributed by atoms with van der Waals surface area (Å²) in [5.41, 5.74) is 2.00. The zero-order valence-corrected chi connectivity index (χ0v) is 13.8. The van der Waals surface area contributed by atoms with Gasteiger partial charge in [0.25, 0.3) is 10.1 Å². The molecule has 1 heterocycles. The smallest absolute Gasteiger partial charge is 0.295 e. The molecule has 2 N–H and O–H groups in total. The molecule has 5 rings (SSSR count). The maximum Gasteiger partial charge on any atom is 0.295 e. The first-order chi connectivity index (χ1) is 12.0. The number of para-hydroxylation sites is 1. The molecule has 4 nitrogen and oxygen atoms in total. The van der Waals surface area contributed by atoms with Crippen molar-refractivity contribution in [2.45, 2.75) is 4.90 Å². The first-order valence-electron chi connectivity index (χ1n) is 7.86. The molecule has 5 aromatic rings. The van der Waals surface area contributed by atoms with Crippen molar-refractivity contribution in [3.05, 3.63) is 66.7 Å². The van der Waals surface area contributed by atoms with Gasteiger partial charge in [0.2, 0.25) is 0 Å². The first-order valence-corrected chi connectivity index (χ1v) is 9.30. The minimum absolute atomic E-state index is 0.0638. The van der Waals surface area contributed by atoms with Gasteiger partial charge < -0.3 is 4.98 Å². The zero-order chi connectivity index (χ0) is 17.2. The van der Waals surface area contributed by atoms with Crippen LogP contribution in [0.15, 0.2) is 71.6 Å². The second-order valence-corrected chi connectivity index (χ2v) is 7.54. The van der Waals surface area contributed by atoms with E-state index in [0.717, 1.165) is 38.0 Å². The number of rotatable bonds is 1. The average Bonchev–Trinajstić information content (AvgIpc) is 2.99. The van der Waals surface area contributed by atoms with Crippen LogP contribution >= 0.6 is 0 Å². The van der Waals surface area contributed by atoms with Crippen molar-refractivity contribution in [3.8, 4) is 0 Å². The number of nitrogens with one attached hydrogen (secondary N) is 1. The van der Waals surface area contributed by atoms with Crippen LogP contribution in [0.3, 0.4) is 0 Å². The third-order valence-electron chi connectivity index (χ3n) is 4.76. The topological polar surface area (TPSA) is 70.2 Å². The average molecular weight is 347 g/mol. The molecular formula is C20H13NO3S. The summed E-state index contributed by atoms with van der Waals surface area (Å²) in [6.45, 7) is 0. The molecule has 0 aliphatic rings. The number of benzene rings is 4. The summed E-state index contributed by atoms with van der Waals surface area (Å²) < 4.78 is 33.3. The van der Waals surface area contributed by atoms with Gasteiger partial charge >= 0.3 is 0 Å². The Hall–Kier alpha value is -2.89. The van der Waals surface area contributed by atoms with Crippen molar-refractivity contribution in [1.82, 2.24) is 4.98 Å². The molecule has 0 saturated heterocycles. The SMILES string of the molecule is O=S(=O)(O)c1cccc2ccc3c(ccc4c5ccccc5[nH]c43)c12. The standard InChI is InChI=1S/C20H13NO3S/c22-25(23,24)18-7-3-4-12-8-9-16-14(19(12)18)10-11-15-13-5-1-2-6-17(13)21-20(15)16/h1-11,21H,(H,22,23,24). The van der Waals surface area contributed by atoms with Crippen molar-refractivity contribution < 1.29 is 13.0 Å². The predicted octanol–water partition coefficient (Wildman–Crippen LogP) is 4.87. The van der Waals surface area contributed by atoms with Crippen LogP contribution in [0.1, 0.15) is 0 Å². The maximum atomic E-state index is 11.8. The highest BCUT2D eigenvalue weighted by Gasteiger charge is 2.17. The molecule has 0 atom stereocenters. The number of fused-ring (bicyclic) bond motifs is 7. The molecule has 5 heteroatoms. The highest BCUT2D eigenvalue weighted by Crippen LogP contribution is 2.36. The van der Waals surface area contributed by atoms with E-state index in [1.54, 1.807) is 6.07 Å². The van der Waals surface area contributed by atoms with Gasteiger partial charge in [0.15, 0.2) is 0 Å². The van der Waals surface area contributed by atoms with E-state index >= 15 is 0 Å². The van der Waals surface area contributed by atoms with E-state index in [0.29, 0.717) is 5.39 Å². The lowest BCUT2D eigenvalue weighted by Gasteiger charge is -2.09. The normalized spacial score (nSPS) is 12.5. The minimum Gasteiger partial charge on any atom is -0.354 e. The van der Waals surface area contributed by atoms with Crippen LogP contribution in [0.25, 0.3) is 43.4 Å². The summed E-state index contributed by atoms with van der Waals surface area (Å²) in [6, 6.07) is 20.8. The Bertz CT molecular complexity index is 1420. The lowest BCUT2D eigenvalue weighted by Crippen LogP contribution is -1.99. The first kappa shape index (κ1) is 14.5. The molecule has 0 bridgehead atoms. The van der Waals surface area contributed by atoms with E-state index in [1.807, 2.05) is 48.5 Å². The quantitative estimate of drug-likeness (QED) is 0.335. The summed E-state index contributed by atoms with van der Waals surface area (Å²) in [6.07, 6.45) is 0. The number of hydrogen-bond acceptors (Lipinski definition) is 2. The van der Waals surface area contributed by atoms with E-state index in [4.69, 9.17) is 0 Å². The molecular weight excluding hydrogens is 334 g/mol. The fourth-order valence-electron chi connectivity index (χ4n) is 3.69. The maximum absolute atomic E-state index is 11.8. The zero-order valence-electron chi connectivity index (χ0n) is 13.0. The number of H-pyrrole nitrogens is 1. The van der Waals surface area contributed by atoms with Crippen LogP contribution in [-0.4, -0.2) is 18.0 Å². The van der Waals surface area contributed by atoms with Gasteiger partial charge in [-0.3, -0.25) is 4.55 Å². The van der Waals surface area contributed by atoms with Crippen LogP contribution in [0.5, 0.6) is 0 Å². The van der Waals surface area contributed by atoms with E-state index in [1.165, 1.54) is 6.07 Å². The van der Waals surface area contributed by atoms with Crippen LogP contribution in [0.2, 0.25) is 0 Å². The number of hydrogen-bond donors (Lipinski definition) is 2. The van der Waals surface area contributed by atoms with E-state index < -0.39 is 10.1 Å². The molecule has 0 saturated carbocycles. The molecule has 0 fully saturated rings. The summed E-state index contributed by atoms with van der Waals surface area (Å²) in [5.74, 6) is 0. The molecule has 0 aliphatic carbocycles. The Morgan fingerprint density at radius 1 is 0.720 bits per heavy atom. The summed E-state index contributed by atoms with van der Waals surface area (Å²) >= 11 is 0. The Balaban J connectivity index is 2.05. The van der Waals surface area contributed by atoms with Crippen molar-refractivity contribution >= 4 is 53.5 Å². The molecule has 0 unspecified atom stereocenters. The predicted molar refractivity (Wildman–Crippen MR) is 101 cm³/mol. The summed E-state index contributed by atoms with van der Waals surface area (Å²) in [5, 5.41) is 5.26. The van der Waals surface area contributed by atoms with E-state index in [-0.39, 0.29) is 4.90 Å². The van der Waals surface area contributed by atoms with E-state index in [2.05, 4.69) is 11.1 Å².